The number of aromatic amines is 1. The van der Waals surface area contributed by atoms with E-state index in [1.165, 1.54) is 13.2 Å². The summed E-state index contributed by atoms with van der Waals surface area (Å²) in [5.74, 6) is -0.211. The van der Waals surface area contributed by atoms with Gasteiger partial charge in [0.2, 0.25) is 5.91 Å². The third-order valence-electron chi connectivity index (χ3n) is 2.42. The summed E-state index contributed by atoms with van der Waals surface area (Å²) in [7, 11) is 1.46. The molecule has 0 aliphatic heterocycles. The van der Waals surface area contributed by atoms with Crippen LogP contribution in [0, 0.1) is 0 Å². The van der Waals surface area contributed by atoms with Crippen LogP contribution in [0.4, 0.5) is 5.69 Å². The van der Waals surface area contributed by atoms with Crippen molar-refractivity contribution in [1.82, 2.24) is 10.2 Å². The van der Waals surface area contributed by atoms with Crippen LogP contribution in [0.1, 0.15) is 0 Å². The van der Waals surface area contributed by atoms with E-state index in [9.17, 15) is 9.59 Å². The van der Waals surface area contributed by atoms with Crippen LogP contribution < -0.4 is 10.9 Å². The van der Waals surface area contributed by atoms with Gasteiger partial charge in [0.05, 0.1) is 5.69 Å². The first-order valence-corrected chi connectivity index (χ1v) is 5.64. The molecule has 2 aromatic rings. The van der Waals surface area contributed by atoms with E-state index < -0.39 is 0 Å². The minimum Gasteiger partial charge on any atom is -0.375 e. The molecule has 0 aliphatic rings. The second-order valence-corrected chi connectivity index (χ2v) is 3.86. The number of carbonyl (C=O) groups is 1. The van der Waals surface area contributed by atoms with Crippen LogP contribution in [0.2, 0.25) is 0 Å². The van der Waals surface area contributed by atoms with Crippen LogP contribution in [-0.4, -0.2) is 29.8 Å². The number of amides is 1. The lowest BCUT2D eigenvalue weighted by Gasteiger charge is -2.05. The summed E-state index contributed by atoms with van der Waals surface area (Å²) in [4.78, 5) is 22.2. The van der Waals surface area contributed by atoms with Crippen LogP contribution in [0.3, 0.4) is 0 Å². The van der Waals surface area contributed by atoms with Gasteiger partial charge in [0.25, 0.3) is 5.56 Å². The second-order valence-electron chi connectivity index (χ2n) is 3.86. The third-order valence-corrected chi connectivity index (χ3v) is 2.42. The van der Waals surface area contributed by atoms with Crippen molar-refractivity contribution >= 4 is 11.6 Å². The summed E-state index contributed by atoms with van der Waals surface area (Å²) in [6, 6.07) is 10.2. The van der Waals surface area contributed by atoms with Crippen LogP contribution >= 0.6 is 0 Å². The molecule has 1 heterocycles. The van der Waals surface area contributed by atoms with Crippen LogP contribution in [0.15, 0.2) is 41.2 Å². The highest BCUT2D eigenvalue weighted by Gasteiger charge is 2.03. The molecular formula is C13H13N3O3. The van der Waals surface area contributed by atoms with Crippen molar-refractivity contribution < 1.29 is 9.53 Å². The number of nitrogens with zero attached hydrogens (tertiary/aromatic N) is 1. The molecule has 0 aliphatic carbocycles. The van der Waals surface area contributed by atoms with Crippen molar-refractivity contribution in [3.05, 3.63) is 46.8 Å². The first-order chi connectivity index (χ1) is 9.19. The number of rotatable bonds is 4. The normalized spacial score (nSPS) is 10.2. The zero-order chi connectivity index (χ0) is 13.7. The third kappa shape index (κ3) is 3.49. The monoisotopic (exact) mass is 259 g/mol. The minimum atomic E-state index is -0.243. The quantitative estimate of drug-likeness (QED) is 0.858. The van der Waals surface area contributed by atoms with E-state index in [0.717, 1.165) is 5.56 Å². The van der Waals surface area contributed by atoms with E-state index >= 15 is 0 Å². The predicted octanol–water partition coefficient (Wildman–Crippen LogP) is 1.02. The number of carbonyl (C=O) groups excluding carboxylic acids is 1. The average Bonchev–Trinajstić information content (AvgIpc) is 2.41. The highest BCUT2D eigenvalue weighted by Crippen LogP contribution is 2.18. The number of methoxy groups -OCH3 is 1. The molecule has 0 bridgehead atoms. The summed E-state index contributed by atoms with van der Waals surface area (Å²) in [6.45, 7) is 0.0171. The van der Waals surface area contributed by atoms with Crippen molar-refractivity contribution in [3.63, 3.8) is 0 Å². The lowest BCUT2D eigenvalue weighted by Crippen LogP contribution is -2.16. The second kappa shape index (κ2) is 5.92. The van der Waals surface area contributed by atoms with Gasteiger partial charge in [0.15, 0.2) is 0 Å². The lowest BCUT2D eigenvalue weighted by molar-refractivity contribution is -0.119. The van der Waals surface area contributed by atoms with Gasteiger partial charge in [-0.05, 0) is 18.2 Å². The Bertz CT molecular complexity index is 599. The zero-order valence-electron chi connectivity index (χ0n) is 10.3. The Labute approximate surface area is 109 Å². The number of nitrogens with one attached hydrogen (secondary N) is 2. The Morgan fingerprint density at radius 2 is 2.00 bits per heavy atom. The van der Waals surface area contributed by atoms with Gasteiger partial charge in [-0.2, -0.15) is 5.10 Å². The van der Waals surface area contributed by atoms with Gasteiger partial charge in [-0.25, -0.2) is 5.10 Å². The first-order valence-electron chi connectivity index (χ1n) is 5.64. The van der Waals surface area contributed by atoms with Gasteiger partial charge in [-0.3, -0.25) is 9.59 Å². The highest BCUT2D eigenvalue weighted by molar-refractivity contribution is 5.91. The molecule has 6 heteroatoms. The van der Waals surface area contributed by atoms with Gasteiger partial charge >= 0.3 is 0 Å². The minimum absolute atomic E-state index is 0.0171. The van der Waals surface area contributed by atoms with Crippen molar-refractivity contribution in [1.29, 1.82) is 0 Å². The Hall–Kier alpha value is -2.47. The van der Waals surface area contributed by atoms with E-state index in [4.69, 9.17) is 4.74 Å². The van der Waals surface area contributed by atoms with Crippen LogP contribution in [-0.2, 0) is 9.53 Å². The molecule has 6 nitrogen and oxygen atoms in total. The molecule has 0 saturated carbocycles. The summed E-state index contributed by atoms with van der Waals surface area (Å²) < 4.78 is 4.72. The maximum Gasteiger partial charge on any atom is 0.264 e. The van der Waals surface area contributed by atoms with E-state index in [-0.39, 0.29) is 18.1 Å². The molecule has 0 spiro atoms. The fourth-order valence-electron chi connectivity index (χ4n) is 1.56. The molecule has 0 atom stereocenters. The summed E-state index contributed by atoms with van der Waals surface area (Å²) >= 11 is 0. The number of benzene rings is 1. The maximum atomic E-state index is 11.3. The zero-order valence-corrected chi connectivity index (χ0v) is 10.3. The van der Waals surface area contributed by atoms with Crippen molar-refractivity contribution in [2.24, 2.45) is 0 Å². The molecule has 0 radical (unpaired) electrons. The van der Waals surface area contributed by atoms with E-state index in [0.29, 0.717) is 11.4 Å². The fraction of sp³-hybridized carbons (Fsp3) is 0.154. The number of ether oxygens (including phenoxy) is 1. The van der Waals surface area contributed by atoms with Gasteiger partial charge < -0.3 is 10.1 Å². The molecule has 1 amide bonds. The van der Waals surface area contributed by atoms with Crippen LogP contribution in [0.25, 0.3) is 11.3 Å². The maximum absolute atomic E-state index is 11.3. The number of hydrogen-bond donors (Lipinski definition) is 2. The summed E-state index contributed by atoms with van der Waals surface area (Å²) in [5.41, 5.74) is 1.94. The van der Waals surface area contributed by atoms with Crippen LogP contribution in [0.5, 0.6) is 0 Å². The van der Waals surface area contributed by atoms with Gasteiger partial charge in [-0.1, -0.05) is 12.1 Å². The number of anilines is 1. The van der Waals surface area contributed by atoms with Gasteiger partial charge in [0, 0.05) is 24.4 Å². The number of H-pyrrole nitrogens is 1. The van der Waals surface area contributed by atoms with E-state index in [1.807, 2.05) is 12.1 Å². The Morgan fingerprint density at radius 3 is 2.58 bits per heavy atom. The molecule has 0 saturated heterocycles. The molecule has 1 aromatic carbocycles. The average molecular weight is 259 g/mol. The smallest absolute Gasteiger partial charge is 0.264 e. The Balaban J connectivity index is 2.12. The predicted molar refractivity (Wildman–Crippen MR) is 70.8 cm³/mol. The Kier molecular flexibility index (Phi) is 4.04. The summed E-state index contributed by atoms with van der Waals surface area (Å²) in [6.07, 6.45) is 0. The molecule has 1 aromatic heterocycles. The number of aromatic nitrogens is 2. The van der Waals surface area contributed by atoms with E-state index in [1.54, 1.807) is 18.2 Å². The molecule has 19 heavy (non-hydrogen) atoms. The number of hydrogen-bond acceptors (Lipinski definition) is 4. The largest absolute Gasteiger partial charge is 0.375 e. The van der Waals surface area contributed by atoms with Gasteiger partial charge in [-0.15, -0.1) is 0 Å². The van der Waals surface area contributed by atoms with E-state index in [2.05, 4.69) is 15.5 Å². The molecule has 0 unspecified atom stereocenters. The topological polar surface area (TPSA) is 84.1 Å². The van der Waals surface area contributed by atoms with Gasteiger partial charge in [0.1, 0.15) is 6.61 Å². The SMILES string of the molecule is COCC(=O)Nc1ccc(-c2ccc(=O)[nH]n2)cc1. The summed E-state index contributed by atoms with van der Waals surface area (Å²) in [5, 5.41) is 8.98. The lowest BCUT2D eigenvalue weighted by atomic mass is 10.1. The molecule has 98 valence electrons. The Morgan fingerprint density at radius 1 is 1.26 bits per heavy atom. The highest BCUT2D eigenvalue weighted by atomic mass is 16.5. The van der Waals surface area contributed by atoms with Crippen molar-refractivity contribution in [3.8, 4) is 11.3 Å². The molecule has 0 fully saturated rings. The van der Waals surface area contributed by atoms with Crippen molar-refractivity contribution in [2.75, 3.05) is 19.0 Å². The standard InChI is InChI=1S/C13H13N3O3/c1-19-8-13(18)14-10-4-2-9(3-5-10)11-6-7-12(17)16-15-11/h2-7H,8H2,1H3,(H,14,18)(H,16,17). The first kappa shape index (κ1) is 13.0. The fourth-order valence-corrected chi connectivity index (χ4v) is 1.56. The van der Waals surface area contributed by atoms with Crippen molar-refractivity contribution in [2.45, 2.75) is 0 Å². The molecular weight excluding hydrogens is 246 g/mol. The molecule has 2 N–H and O–H groups in total. The molecule has 2 rings (SSSR count).